The molecule has 0 bridgehead atoms. The molecule has 2 amide bonds. The number of carbonyl (C=O) groups is 2. The summed E-state index contributed by atoms with van der Waals surface area (Å²) in [5.41, 5.74) is 1.22. The Morgan fingerprint density at radius 2 is 2.04 bits per heavy atom. The lowest BCUT2D eigenvalue weighted by Crippen LogP contribution is -2.40. The molecule has 0 aliphatic carbocycles. The van der Waals surface area contributed by atoms with Gasteiger partial charge in [0.25, 0.3) is 5.91 Å². The molecule has 0 radical (unpaired) electrons. The molecule has 2 rings (SSSR count). The molecule has 0 spiro atoms. The van der Waals surface area contributed by atoms with E-state index in [0.29, 0.717) is 12.2 Å². The van der Waals surface area contributed by atoms with Crippen molar-refractivity contribution >= 4 is 11.8 Å². The van der Waals surface area contributed by atoms with E-state index in [2.05, 4.69) is 20.6 Å². The maximum absolute atomic E-state index is 11.9. The predicted molar refractivity (Wildman–Crippen MR) is 85.2 cm³/mol. The quantitative estimate of drug-likeness (QED) is 0.648. The zero-order valence-corrected chi connectivity index (χ0v) is 13.8. The van der Waals surface area contributed by atoms with Gasteiger partial charge in [-0.25, -0.2) is 0 Å². The summed E-state index contributed by atoms with van der Waals surface area (Å²) in [7, 11) is 1.70. The third kappa shape index (κ3) is 5.65. The Hall–Kier alpha value is -1.93. The zero-order valence-electron chi connectivity index (χ0n) is 13.8. The molecular formula is C15H25N5O3. The first kappa shape index (κ1) is 17.4. The maximum Gasteiger partial charge on any atom is 0.269 e. The average Bonchev–Trinajstić information content (AvgIpc) is 2.89. The van der Waals surface area contributed by atoms with Crippen LogP contribution in [0.4, 0.5) is 0 Å². The van der Waals surface area contributed by atoms with Crippen molar-refractivity contribution < 1.29 is 14.3 Å². The van der Waals surface area contributed by atoms with Crippen LogP contribution in [0.15, 0.2) is 6.07 Å². The van der Waals surface area contributed by atoms with Gasteiger partial charge in [-0.15, -0.1) is 0 Å². The van der Waals surface area contributed by atoms with Crippen molar-refractivity contribution in [2.24, 2.45) is 7.05 Å². The number of hydrogen-bond donors (Lipinski definition) is 2. The summed E-state index contributed by atoms with van der Waals surface area (Å²) in [6.07, 6.45) is 0.889. The van der Waals surface area contributed by atoms with E-state index in [-0.39, 0.29) is 18.4 Å². The molecule has 2 N–H and O–H groups in total. The lowest BCUT2D eigenvalue weighted by Gasteiger charge is -2.26. The van der Waals surface area contributed by atoms with Gasteiger partial charge in [-0.2, -0.15) is 5.10 Å². The van der Waals surface area contributed by atoms with E-state index in [1.54, 1.807) is 13.1 Å². The Kier molecular flexibility index (Phi) is 6.54. The van der Waals surface area contributed by atoms with Crippen molar-refractivity contribution in [3.8, 4) is 0 Å². The molecule has 1 fully saturated rings. The second-order valence-electron chi connectivity index (χ2n) is 5.63. The predicted octanol–water partition coefficient (Wildman–Crippen LogP) is -0.703. The third-order valence-corrected chi connectivity index (χ3v) is 3.72. The molecule has 8 nitrogen and oxygen atoms in total. The molecule has 1 saturated heterocycles. The molecule has 2 heterocycles. The summed E-state index contributed by atoms with van der Waals surface area (Å²) < 4.78 is 6.79. The molecule has 0 aromatic carbocycles. The molecule has 0 unspecified atom stereocenters. The minimum Gasteiger partial charge on any atom is -0.379 e. The van der Waals surface area contributed by atoms with E-state index < -0.39 is 0 Å². The number of aryl methyl sites for hydroxylation is 2. The summed E-state index contributed by atoms with van der Waals surface area (Å²) in [4.78, 5) is 26.0. The van der Waals surface area contributed by atoms with Gasteiger partial charge in [-0.1, -0.05) is 0 Å². The molecule has 23 heavy (non-hydrogen) atoms. The van der Waals surface area contributed by atoms with Gasteiger partial charge in [-0.05, 0) is 26.0 Å². The highest BCUT2D eigenvalue weighted by Crippen LogP contribution is 2.01. The standard InChI is InChI=1S/C15H25N5O3/c1-12-10-13(19(2)18-12)15(22)17-11-14(21)16-4-3-5-20-6-8-23-9-7-20/h10H,3-9,11H2,1-2H3,(H,16,21)(H,17,22). The summed E-state index contributed by atoms with van der Waals surface area (Å²) >= 11 is 0. The van der Waals surface area contributed by atoms with Crippen LogP contribution in [0.1, 0.15) is 22.6 Å². The Labute approximate surface area is 136 Å². The Morgan fingerprint density at radius 1 is 1.30 bits per heavy atom. The van der Waals surface area contributed by atoms with Gasteiger partial charge >= 0.3 is 0 Å². The second-order valence-corrected chi connectivity index (χ2v) is 5.63. The largest absolute Gasteiger partial charge is 0.379 e. The Morgan fingerprint density at radius 3 is 2.70 bits per heavy atom. The highest BCUT2D eigenvalue weighted by molar-refractivity contribution is 5.95. The van der Waals surface area contributed by atoms with Crippen molar-refractivity contribution in [2.75, 3.05) is 45.9 Å². The number of rotatable bonds is 7. The van der Waals surface area contributed by atoms with Crippen LogP contribution < -0.4 is 10.6 Å². The Balaban J connectivity index is 1.59. The van der Waals surface area contributed by atoms with Crippen LogP contribution in [0, 0.1) is 6.92 Å². The monoisotopic (exact) mass is 323 g/mol. The van der Waals surface area contributed by atoms with E-state index in [0.717, 1.165) is 45.0 Å². The SMILES string of the molecule is Cc1cc(C(=O)NCC(=O)NCCCN2CCOCC2)n(C)n1. The molecule has 1 aromatic rings. The number of amides is 2. The van der Waals surface area contributed by atoms with Crippen LogP contribution in [0.3, 0.4) is 0 Å². The average molecular weight is 323 g/mol. The number of hydrogen-bond acceptors (Lipinski definition) is 5. The lowest BCUT2D eigenvalue weighted by molar-refractivity contribution is -0.120. The van der Waals surface area contributed by atoms with Gasteiger partial charge in [-0.3, -0.25) is 19.2 Å². The van der Waals surface area contributed by atoms with Gasteiger partial charge in [0.2, 0.25) is 5.91 Å². The number of nitrogens with zero attached hydrogens (tertiary/aromatic N) is 3. The van der Waals surface area contributed by atoms with Crippen molar-refractivity contribution in [3.63, 3.8) is 0 Å². The molecular weight excluding hydrogens is 298 g/mol. The lowest BCUT2D eigenvalue weighted by atomic mass is 10.3. The van der Waals surface area contributed by atoms with Crippen molar-refractivity contribution in [1.82, 2.24) is 25.3 Å². The van der Waals surface area contributed by atoms with E-state index >= 15 is 0 Å². The third-order valence-electron chi connectivity index (χ3n) is 3.72. The summed E-state index contributed by atoms with van der Waals surface area (Å²) in [6.45, 7) is 6.82. The minimum atomic E-state index is -0.295. The second kappa shape index (κ2) is 8.64. The van der Waals surface area contributed by atoms with E-state index in [4.69, 9.17) is 4.74 Å². The molecule has 1 aliphatic rings. The first-order valence-corrected chi connectivity index (χ1v) is 7.92. The maximum atomic E-state index is 11.9. The molecule has 0 saturated carbocycles. The smallest absolute Gasteiger partial charge is 0.269 e. The van der Waals surface area contributed by atoms with Crippen LogP contribution in [-0.4, -0.2) is 72.4 Å². The molecule has 8 heteroatoms. The number of aromatic nitrogens is 2. The van der Waals surface area contributed by atoms with Gasteiger partial charge in [0.05, 0.1) is 25.5 Å². The van der Waals surface area contributed by atoms with Crippen molar-refractivity contribution in [3.05, 3.63) is 17.5 Å². The van der Waals surface area contributed by atoms with E-state index in [9.17, 15) is 9.59 Å². The van der Waals surface area contributed by atoms with Crippen LogP contribution in [0.2, 0.25) is 0 Å². The van der Waals surface area contributed by atoms with Crippen molar-refractivity contribution in [2.45, 2.75) is 13.3 Å². The summed E-state index contributed by atoms with van der Waals surface area (Å²) in [6, 6.07) is 1.69. The fourth-order valence-corrected chi connectivity index (χ4v) is 2.49. The first-order valence-electron chi connectivity index (χ1n) is 7.92. The fourth-order valence-electron chi connectivity index (χ4n) is 2.49. The highest BCUT2D eigenvalue weighted by atomic mass is 16.5. The number of nitrogens with one attached hydrogen (secondary N) is 2. The summed E-state index contributed by atoms with van der Waals surface area (Å²) in [5, 5.41) is 9.53. The normalized spacial score (nSPS) is 15.4. The zero-order chi connectivity index (χ0) is 16.7. The number of morpholine rings is 1. The number of carbonyl (C=O) groups excluding carboxylic acids is 2. The van der Waals surface area contributed by atoms with Gasteiger partial charge in [0, 0.05) is 26.7 Å². The molecule has 0 atom stereocenters. The Bertz CT molecular complexity index is 537. The topological polar surface area (TPSA) is 88.5 Å². The van der Waals surface area contributed by atoms with Crippen LogP contribution >= 0.6 is 0 Å². The number of ether oxygens (including phenoxy) is 1. The minimum absolute atomic E-state index is 0.0272. The van der Waals surface area contributed by atoms with E-state index in [1.165, 1.54) is 4.68 Å². The van der Waals surface area contributed by atoms with Gasteiger partial charge in [0.15, 0.2) is 0 Å². The summed E-state index contributed by atoms with van der Waals surface area (Å²) in [5.74, 6) is -0.476. The van der Waals surface area contributed by atoms with Crippen molar-refractivity contribution in [1.29, 1.82) is 0 Å². The highest BCUT2D eigenvalue weighted by Gasteiger charge is 2.13. The first-order chi connectivity index (χ1) is 11.1. The molecule has 128 valence electrons. The van der Waals surface area contributed by atoms with E-state index in [1.807, 2.05) is 6.92 Å². The fraction of sp³-hybridized carbons (Fsp3) is 0.667. The van der Waals surface area contributed by atoms with Gasteiger partial charge in [0.1, 0.15) is 5.69 Å². The molecule has 1 aromatic heterocycles. The van der Waals surface area contributed by atoms with Gasteiger partial charge < -0.3 is 15.4 Å². The van der Waals surface area contributed by atoms with Crippen LogP contribution in [0.25, 0.3) is 0 Å². The molecule has 1 aliphatic heterocycles. The van der Waals surface area contributed by atoms with Crippen LogP contribution in [0.5, 0.6) is 0 Å². The van der Waals surface area contributed by atoms with Crippen LogP contribution in [-0.2, 0) is 16.6 Å².